The number of thioether (sulfide) groups is 1. The van der Waals surface area contributed by atoms with Crippen molar-refractivity contribution >= 4 is 23.6 Å². The zero-order valence-corrected chi connectivity index (χ0v) is 13.7. The third-order valence-electron chi connectivity index (χ3n) is 2.88. The Morgan fingerprint density at radius 3 is 2.43 bits per heavy atom. The van der Waals surface area contributed by atoms with Gasteiger partial charge in [0.1, 0.15) is 5.75 Å². The van der Waals surface area contributed by atoms with Gasteiger partial charge in [0.05, 0.1) is 12.4 Å². The van der Waals surface area contributed by atoms with Crippen molar-refractivity contribution < 1.29 is 14.3 Å². The number of benzene rings is 1. The van der Waals surface area contributed by atoms with Crippen LogP contribution in [0, 0.1) is 0 Å². The van der Waals surface area contributed by atoms with Gasteiger partial charge in [0.15, 0.2) is 0 Å². The van der Waals surface area contributed by atoms with Crippen molar-refractivity contribution in [3.63, 3.8) is 0 Å². The van der Waals surface area contributed by atoms with Crippen LogP contribution in [0.4, 0.5) is 0 Å². The van der Waals surface area contributed by atoms with E-state index in [1.54, 1.807) is 21.2 Å². The van der Waals surface area contributed by atoms with E-state index in [0.717, 1.165) is 10.6 Å². The summed E-state index contributed by atoms with van der Waals surface area (Å²) in [5.41, 5.74) is 0. The van der Waals surface area contributed by atoms with Gasteiger partial charge >= 0.3 is 0 Å². The summed E-state index contributed by atoms with van der Waals surface area (Å²) >= 11 is 1.47. The van der Waals surface area contributed by atoms with Crippen LogP contribution in [0.25, 0.3) is 0 Å². The number of carbonyl (C=O) groups excluding carboxylic acids is 2. The van der Waals surface area contributed by atoms with Crippen molar-refractivity contribution in [2.45, 2.75) is 23.5 Å². The maximum absolute atomic E-state index is 11.9. The molecule has 0 aromatic heterocycles. The highest BCUT2D eigenvalue weighted by molar-refractivity contribution is 8.00. The van der Waals surface area contributed by atoms with E-state index in [9.17, 15) is 9.59 Å². The molecule has 1 atom stereocenters. The SMILES string of the molecule is COc1ccc(S[C@H](C)C(=O)NCCC(=O)N(C)C)cc1. The molecule has 0 aliphatic heterocycles. The van der Waals surface area contributed by atoms with Crippen LogP contribution in [0.2, 0.25) is 0 Å². The van der Waals surface area contributed by atoms with E-state index in [1.165, 1.54) is 16.7 Å². The molecule has 0 saturated heterocycles. The molecule has 1 aromatic carbocycles. The molecule has 0 aliphatic rings. The summed E-state index contributed by atoms with van der Waals surface area (Å²) in [5, 5.41) is 2.56. The number of nitrogens with one attached hydrogen (secondary N) is 1. The zero-order chi connectivity index (χ0) is 15.8. The van der Waals surface area contributed by atoms with Gasteiger partial charge in [-0.05, 0) is 31.2 Å². The van der Waals surface area contributed by atoms with Crippen LogP contribution in [0.3, 0.4) is 0 Å². The maximum Gasteiger partial charge on any atom is 0.233 e. The minimum atomic E-state index is -0.215. The van der Waals surface area contributed by atoms with Crippen LogP contribution in [0.1, 0.15) is 13.3 Å². The van der Waals surface area contributed by atoms with Gasteiger partial charge in [-0.15, -0.1) is 11.8 Å². The molecule has 1 N–H and O–H groups in total. The second-order valence-electron chi connectivity index (χ2n) is 4.76. The van der Waals surface area contributed by atoms with Crippen molar-refractivity contribution in [2.75, 3.05) is 27.7 Å². The number of hydrogen-bond acceptors (Lipinski definition) is 4. The average Bonchev–Trinajstić information content (AvgIpc) is 2.47. The first kappa shape index (κ1) is 17.4. The second-order valence-corrected chi connectivity index (χ2v) is 6.18. The number of carbonyl (C=O) groups is 2. The molecule has 1 rings (SSSR count). The molecule has 2 amide bonds. The van der Waals surface area contributed by atoms with Gasteiger partial charge in [-0.2, -0.15) is 0 Å². The van der Waals surface area contributed by atoms with E-state index in [0.29, 0.717) is 13.0 Å². The van der Waals surface area contributed by atoms with Gasteiger partial charge in [0, 0.05) is 32.0 Å². The quantitative estimate of drug-likeness (QED) is 0.780. The molecule has 0 aliphatic carbocycles. The monoisotopic (exact) mass is 310 g/mol. The summed E-state index contributed by atoms with van der Waals surface area (Å²) in [7, 11) is 5.02. The standard InChI is InChI=1S/C15H22N2O3S/c1-11(15(19)16-10-9-14(18)17(2)3)21-13-7-5-12(20-4)6-8-13/h5-8,11H,9-10H2,1-4H3,(H,16,19)/t11-/m1/s1. The summed E-state index contributed by atoms with van der Waals surface area (Å²) < 4.78 is 5.09. The van der Waals surface area contributed by atoms with Crippen molar-refractivity contribution in [2.24, 2.45) is 0 Å². The first-order valence-electron chi connectivity index (χ1n) is 6.72. The van der Waals surface area contributed by atoms with E-state index >= 15 is 0 Å². The second kappa shape index (κ2) is 8.56. The van der Waals surface area contributed by atoms with Gasteiger partial charge in [0.25, 0.3) is 0 Å². The summed E-state index contributed by atoms with van der Waals surface area (Å²) in [5.74, 6) is 0.729. The predicted molar refractivity (Wildman–Crippen MR) is 84.6 cm³/mol. The Balaban J connectivity index is 2.38. The smallest absolute Gasteiger partial charge is 0.233 e. The fourth-order valence-corrected chi connectivity index (χ4v) is 2.46. The van der Waals surface area contributed by atoms with Gasteiger partial charge in [0.2, 0.25) is 11.8 Å². The minimum absolute atomic E-state index is 0.00533. The van der Waals surface area contributed by atoms with Crippen molar-refractivity contribution in [1.82, 2.24) is 10.2 Å². The lowest BCUT2D eigenvalue weighted by molar-refractivity contribution is -0.128. The maximum atomic E-state index is 11.9. The van der Waals surface area contributed by atoms with Gasteiger partial charge in [-0.3, -0.25) is 9.59 Å². The molecule has 0 bridgehead atoms. The fourth-order valence-electron chi connectivity index (χ4n) is 1.57. The van der Waals surface area contributed by atoms with E-state index < -0.39 is 0 Å². The molecule has 0 unspecified atom stereocenters. The number of rotatable bonds is 7. The molecule has 21 heavy (non-hydrogen) atoms. The number of amides is 2. The summed E-state index contributed by atoms with van der Waals surface area (Å²) in [6, 6.07) is 7.57. The van der Waals surface area contributed by atoms with Crippen LogP contribution in [0.5, 0.6) is 5.75 Å². The Kier molecular flexibility index (Phi) is 7.08. The highest BCUT2D eigenvalue weighted by Gasteiger charge is 2.14. The fraction of sp³-hybridized carbons (Fsp3) is 0.467. The van der Waals surface area contributed by atoms with E-state index in [4.69, 9.17) is 4.74 Å². The van der Waals surface area contributed by atoms with Crippen LogP contribution < -0.4 is 10.1 Å². The molecule has 5 nitrogen and oxygen atoms in total. The van der Waals surface area contributed by atoms with Crippen LogP contribution in [-0.2, 0) is 9.59 Å². The minimum Gasteiger partial charge on any atom is -0.497 e. The van der Waals surface area contributed by atoms with Crippen molar-refractivity contribution in [3.8, 4) is 5.75 Å². The lowest BCUT2D eigenvalue weighted by atomic mass is 10.3. The van der Waals surface area contributed by atoms with Crippen molar-refractivity contribution in [1.29, 1.82) is 0 Å². The van der Waals surface area contributed by atoms with Crippen molar-refractivity contribution in [3.05, 3.63) is 24.3 Å². The largest absolute Gasteiger partial charge is 0.497 e. The number of ether oxygens (including phenoxy) is 1. The van der Waals surface area contributed by atoms with E-state index in [-0.39, 0.29) is 17.1 Å². The Hall–Kier alpha value is -1.69. The molecule has 0 saturated carbocycles. The molecular formula is C15H22N2O3S. The van der Waals surface area contributed by atoms with Gasteiger partial charge < -0.3 is 15.0 Å². The first-order valence-corrected chi connectivity index (χ1v) is 7.60. The summed E-state index contributed by atoms with van der Waals surface area (Å²) in [6.45, 7) is 2.21. The molecule has 6 heteroatoms. The Morgan fingerprint density at radius 1 is 1.29 bits per heavy atom. The first-order chi connectivity index (χ1) is 9.93. The van der Waals surface area contributed by atoms with Crippen LogP contribution >= 0.6 is 11.8 Å². The molecule has 0 heterocycles. The third-order valence-corrected chi connectivity index (χ3v) is 3.99. The zero-order valence-electron chi connectivity index (χ0n) is 12.9. The Morgan fingerprint density at radius 2 is 1.90 bits per heavy atom. The van der Waals surface area contributed by atoms with Crippen LogP contribution in [0.15, 0.2) is 29.2 Å². The summed E-state index contributed by atoms with van der Waals surface area (Å²) in [4.78, 5) is 25.9. The highest BCUT2D eigenvalue weighted by atomic mass is 32.2. The summed E-state index contributed by atoms with van der Waals surface area (Å²) in [6.07, 6.45) is 0.318. The lowest BCUT2D eigenvalue weighted by Gasteiger charge is -2.13. The van der Waals surface area contributed by atoms with E-state index in [2.05, 4.69) is 5.32 Å². The molecule has 116 valence electrons. The lowest BCUT2D eigenvalue weighted by Crippen LogP contribution is -2.34. The number of nitrogens with zero attached hydrogens (tertiary/aromatic N) is 1. The molecule has 0 fully saturated rings. The van der Waals surface area contributed by atoms with Crippen LogP contribution in [-0.4, -0.2) is 49.7 Å². The normalized spacial score (nSPS) is 11.6. The predicted octanol–water partition coefficient (Wildman–Crippen LogP) is 1.77. The molecule has 0 radical (unpaired) electrons. The van der Waals surface area contributed by atoms with E-state index in [1.807, 2.05) is 31.2 Å². The molecule has 1 aromatic rings. The van der Waals surface area contributed by atoms with Gasteiger partial charge in [-0.25, -0.2) is 0 Å². The number of hydrogen-bond donors (Lipinski definition) is 1. The third kappa shape index (κ3) is 6.08. The van der Waals surface area contributed by atoms with Gasteiger partial charge in [-0.1, -0.05) is 0 Å². The highest BCUT2D eigenvalue weighted by Crippen LogP contribution is 2.25. The molecule has 0 spiro atoms. The number of methoxy groups -OCH3 is 1. The topological polar surface area (TPSA) is 58.6 Å². The Labute approximate surface area is 130 Å². The Bertz CT molecular complexity index is 474. The molecular weight excluding hydrogens is 288 g/mol. The average molecular weight is 310 g/mol.